The van der Waals surface area contributed by atoms with Crippen LogP contribution in [-0.2, 0) is 0 Å². The van der Waals surface area contributed by atoms with Crippen molar-refractivity contribution in [2.45, 2.75) is 13.8 Å². The molecular formula is C17H21N3. The van der Waals surface area contributed by atoms with Crippen LogP contribution < -0.4 is 9.80 Å². The molecule has 0 saturated carbocycles. The van der Waals surface area contributed by atoms with Crippen LogP contribution in [0.4, 0.5) is 11.4 Å². The van der Waals surface area contributed by atoms with E-state index in [1.807, 2.05) is 0 Å². The summed E-state index contributed by atoms with van der Waals surface area (Å²) >= 11 is 0. The molecule has 104 valence electrons. The van der Waals surface area contributed by atoms with Gasteiger partial charge in [0, 0.05) is 48.9 Å². The molecular weight excluding hydrogens is 246 g/mol. The number of hydrogen-bond donors (Lipinski definition) is 0. The lowest BCUT2D eigenvalue weighted by atomic mass is 10.2. The number of pyridine rings is 1. The summed E-state index contributed by atoms with van der Waals surface area (Å²) < 4.78 is 0. The molecule has 0 amide bonds. The second-order valence-electron chi connectivity index (χ2n) is 5.42. The van der Waals surface area contributed by atoms with Gasteiger partial charge >= 0.3 is 0 Å². The third-order valence-electron chi connectivity index (χ3n) is 3.83. The third kappa shape index (κ3) is 2.77. The SMILES string of the molecule is Cc1cc(N2CCN(c3ccccc3)CC2)cc(C)n1. The van der Waals surface area contributed by atoms with Gasteiger partial charge in [0.2, 0.25) is 0 Å². The number of nitrogens with zero attached hydrogens (tertiary/aromatic N) is 3. The summed E-state index contributed by atoms with van der Waals surface area (Å²) in [4.78, 5) is 9.37. The first-order valence-corrected chi connectivity index (χ1v) is 7.22. The quantitative estimate of drug-likeness (QED) is 0.834. The van der Waals surface area contributed by atoms with Gasteiger partial charge in [-0.15, -0.1) is 0 Å². The van der Waals surface area contributed by atoms with Gasteiger partial charge in [-0.1, -0.05) is 18.2 Å². The largest absolute Gasteiger partial charge is 0.368 e. The predicted molar refractivity (Wildman–Crippen MR) is 84.6 cm³/mol. The van der Waals surface area contributed by atoms with Crippen molar-refractivity contribution >= 4 is 11.4 Å². The van der Waals surface area contributed by atoms with Gasteiger partial charge in [0.1, 0.15) is 0 Å². The Morgan fingerprint density at radius 3 is 1.80 bits per heavy atom. The van der Waals surface area contributed by atoms with Gasteiger partial charge in [0.05, 0.1) is 0 Å². The Balaban J connectivity index is 1.69. The summed E-state index contributed by atoms with van der Waals surface area (Å²) in [7, 11) is 0. The lowest BCUT2D eigenvalue weighted by Gasteiger charge is -2.37. The Hall–Kier alpha value is -2.03. The van der Waals surface area contributed by atoms with E-state index in [9.17, 15) is 0 Å². The topological polar surface area (TPSA) is 19.4 Å². The van der Waals surface area contributed by atoms with Crippen LogP contribution in [0, 0.1) is 13.8 Å². The first-order chi connectivity index (χ1) is 9.72. The number of para-hydroxylation sites is 1. The van der Waals surface area contributed by atoms with Crippen LogP contribution in [0.1, 0.15) is 11.4 Å². The molecule has 1 saturated heterocycles. The zero-order valence-electron chi connectivity index (χ0n) is 12.2. The molecule has 3 nitrogen and oxygen atoms in total. The minimum atomic E-state index is 1.07. The van der Waals surface area contributed by atoms with Crippen molar-refractivity contribution in [3.8, 4) is 0 Å². The van der Waals surface area contributed by atoms with Crippen LogP contribution in [-0.4, -0.2) is 31.2 Å². The predicted octanol–water partition coefficient (Wildman–Crippen LogP) is 3.03. The minimum Gasteiger partial charge on any atom is -0.368 e. The minimum absolute atomic E-state index is 1.07. The molecule has 0 unspecified atom stereocenters. The summed E-state index contributed by atoms with van der Waals surface area (Å²) in [6.07, 6.45) is 0. The normalized spacial score (nSPS) is 15.5. The molecule has 1 aliphatic heterocycles. The molecule has 0 spiro atoms. The van der Waals surface area contributed by atoms with Gasteiger partial charge in [-0.2, -0.15) is 0 Å². The zero-order valence-corrected chi connectivity index (χ0v) is 12.2. The van der Waals surface area contributed by atoms with Crippen molar-refractivity contribution in [3.63, 3.8) is 0 Å². The summed E-state index contributed by atoms with van der Waals surface area (Å²) in [5.41, 5.74) is 4.84. The summed E-state index contributed by atoms with van der Waals surface area (Å²) in [6, 6.07) is 15.0. The van der Waals surface area contributed by atoms with E-state index in [2.05, 4.69) is 71.1 Å². The summed E-state index contributed by atoms with van der Waals surface area (Å²) in [5.74, 6) is 0. The Morgan fingerprint density at radius 2 is 1.25 bits per heavy atom. The first-order valence-electron chi connectivity index (χ1n) is 7.22. The maximum atomic E-state index is 4.45. The van der Waals surface area contributed by atoms with Gasteiger partial charge in [-0.3, -0.25) is 4.98 Å². The number of benzene rings is 1. The highest BCUT2D eigenvalue weighted by atomic mass is 15.3. The highest BCUT2D eigenvalue weighted by molar-refractivity contribution is 5.52. The fourth-order valence-corrected chi connectivity index (χ4v) is 2.86. The summed E-state index contributed by atoms with van der Waals surface area (Å²) in [6.45, 7) is 8.41. The second kappa shape index (κ2) is 5.53. The van der Waals surface area contributed by atoms with Gasteiger partial charge in [-0.25, -0.2) is 0 Å². The van der Waals surface area contributed by atoms with E-state index in [1.54, 1.807) is 0 Å². The maximum absolute atomic E-state index is 4.45. The third-order valence-corrected chi connectivity index (χ3v) is 3.83. The Labute approximate surface area is 120 Å². The van der Waals surface area contributed by atoms with E-state index in [4.69, 9.17) is 0 Å². The van der Waals surface area contributed by atoms with Crippen molar-refractivity contribution in [2.75, 3.05) is 36.0 Å². The van der Waals surface area contributed by atoms with Crippen LogP contribution >= 0.6 is 0 Å². The van der Waals surface area contributed by atoms with E-state index in [0.29, 0.717) is 0 Å². The Bertz CT molecular complexity index is 552. The van der Waals surface area contributed by atoms with E-state index in [0.717, 1.165) is 37.6 Å². The van der Waals surface area contributed by atoms with Crippen LogP contribution in [0.3, 0.4) is 0 Å². The van der Waals surface area contributed by atoms with Crippen LogP contribution in [0.5, 0.6) is 0 Å². The average Bonchev–Trinajstić information content (AvgIpc) is 2.47. The number of piperazine rings is 1. The average molecular weight is 267 g/mol. The molecule has 2 heterocycles. The molecule has 1 aromatic carbocycles. The van der Waals surface area contributed by atoms with Crippen molar-refractivity contribution in [1.29, 1.82) is 0 Å². The van der Waals surface area contributed by atoms with Crippen molar-refractivity contribution in [2.24, 2.45) is 0 Å². The van der Waals surface area contributed by atoms with Gasteiger partial charge in [0.15, 0.2) is 0 Å². The zero-order chi connectivity index (χ0) is 13.9. The Morgan fingerprint density at radius 1 is 0.750 bits per heavy atom. The van der Waals surface area contributed by atoms with Crippen molar-refractivity contribution in [1.82, 2.24) is 4.98 Å². The number of aromatic nitrogens is 1. The lowest BCUT2D eigenvalue weighted by molar-refractivity contribution is 0.653. The van der Waals surface area contributed by atoms with Gasteiger partial charge in [-0.05, 0) is 38.1 Å². The summed E-state index contributed by atoms with van der Waals surface area (Å²) in [5, 5.41) is 0. The second-order valence-corrected chi connectivity index (χ2v) is 5.42. The Kier molecular flexibility index (Phi) is 3.59. The van der Waals surface area contributed by atoms with Crippen molar-refractivity contribution < 1.29 is 0 Å². The monoisotopic (exact) mass is 267 g/mol. The van der Waals surface area contributed by atoms with Crippen LogP contribution in [0.25, 0.3) is 0 Å². The van der Waals surface area contributed by atoms with E-state index in [-0.39, 0.29) is 0 Å². The molecule has 0 bridgehead atoms. The molecule has 0 radical (unpaired) electrons. The van der Waals surface area contributed by atoms with Gasteiger partial charge in [0.25, 0.3) is 0 Å². The molecule has 1 fully saturated rings. The number of aryl methyl sites for hydroxylation is 2. The van der Waals surface area contributed by atoms with Crippen LogP contribution in [0.15, 0.2) is 42.5 Å². The molecule has 3 heteroatoms. The molecule has 0 atom stereocenters. The molecule has 20 heavy (non-hydrogen) atoms. The fourth-order valence-electron chi connectivity index (χ4n) is 2.86. The van der Waals surface area contributed by atoms with Crippen molar-refractivity contribution in [3.05, 3.63) is 53.9 Å². The molecule has 1 aliphatic rings. The first kappa shape index (κ1) is 13.0. The molecule has 0 aliphatic carbocycles. The van der Waals surface area contributed by atoms with E-state index >= 15 is 0 Å². The van der Waals surface area contributed by atoms with E-state index < -0.39 is 0 Å². The number of hydrogen-bond acceptors (Lipinski definition) is 3. The highest BCUT2D eigenvalue weighted by Crippen LogP contribution is 2.21. The van der Waals surface area contributed by atoms with Crippen LogP contribution in [0.2, 0.25) is 0 Å². The highest BCUT2D eigenvalue weighted by Gasteiger charge is 2.17. The van der Waals surface area contributed by atoms with E-state index in [1.165, 1.54) is 11.4 Å². The molecule has 3 rings (SSSR count). The van der Waals surface area contributed by atoms with Gasteiger partial charge < -0.3 is 9.80 Å². The maximum Gasteiger partial charge on any atom is 0.0403 e. The fraction of sp³-hybridized carbons (Fsp3) is 0.353. The standard InChI is InChI=1S/C17H21N3/c1-14-12-17(13-15(2)18-14)20-10-8-19(9-11-20)16-6-4-3-5-7-16/h3-7,12-13H,8-11H2,1-2H3. The lowest BCUT2D eigenvalue weighted by Crippen LogP contribution is -2.46. The molecule has 1 aromatic heterocycles. The number of anilines is 2. The molecule has 2 aromatic rings. The molecule has 0 N–H and O–H groups in total. The number of rotatable bonds is 2. The smallest absolute Gasteiger partial charge is 0.0403 e.